The molecule has 0 aromatic carbocycles. The zero-order valence-electron chi connectivity index (χ0n) is 9.34. The molecule has 0 N–H and O–H groups in total. The number of nitrogens with zero attached hydrogens (tertiary/aromatic N) is 1. The largest absolute Gasteiger partial charge is 0.375 e. The van der Waals surface area contributed by atoms with Crippen LogP contribution in [0, 0.1) is 0 Å². The summed E-state index contributed by atoms with van der Waals surface area (Å²) in [5, 5.41) is 2.64. The molecule has 0 fully saturated rings. The van der Waals surface area contributed by atoms with Crippen molar-refractivity contribution in [2.75, 3.05) is 13.2 Å². The molecule has 0 spiro atoms. The first-order valence-corrected chi connectivity index (χ1v) is 6.60. The third-order valence-corrected chi connectivity index (χ3v) is 3.26. The molecule has 1 aromatic rings. The van der Waals surface area contributed by atoms with Crippen LogP contribution in [0.25, 0.3) is 0 Å². The number of aryl methyl sites for hydroxylation is 1. The predicted molar refractivity (Wildman–Crippen MR) is 61.8 cm³/mol. The summed E-state index contributed by atoms with van der Waals surface area (Å²) in [6.45, 7) is -1.26. The van der Waals surface area contributed by atoms with Gasteiger partial charge in [0.05, 0.1) is 16.6 Å². The van der Waals surface area contributed by atoms with Gasteiger partial charge in [-0.05, 0) is 6.42 Å². The number of hydrogen-bond acceptors (Lipinski definition) is 3. The Bertz CT molecular complexity index is 361. The molecule has 0 radical (unpaired) electrons. The summed E-state index contributed by atoms with van der Waals surface area (Å²) in [6, 6.07) is 0. The molecule has 0 saturated carbocycles. The second-order valence-corrected chi connectivity index (χ2v) is 4.79. The predicted octanol–water partition coefficient (Wildman–Crippen LogP) is 3.73. The topological polar surface area (TPSA) is 22.1 Å². The maximum atomic E-state index is 12.4. The van der Waals surface area contributed by atoms with Crippen molar-refractivity contribution in [1.29, 1.82) is 0 Å². The van der Waals surface area contributed by atoms with Crippen LogP contribution >= 0.6 is 22.9 Å². The second kappa shape index (κ2) is 7.25. The Morgan fingerprint density at radius 3 is 2.72 bits per heavy atom. The molecule has 0 saturated heterocycles. The van der Waals surface area contributed by atoms with Gasteiger partial charge in [0.1, 0.15) is 6.61 Å². The third-order valence-electron chi connectivity index (χ3n) is 2.03. The Morgan fingerprint density at radius 1 is 1.44 bits per heavy atom. The zero-order chi connectivity index (χ0) is 13.6. The van der Waals surface area contributed by atoms with Gasteiger partial charge in [0.15, 0.2) is 0 Å². The van der Waals surface area contributed by atoms with Crippen LogP contribution in [0.2, 0.25) is 0 Å². The van der Waals surface area contributed by atoms with Crippen molar-refractivity contribution < 1.29 is 22.3 Å². The van der Waals surface area contributed by atoms with Gasteiger partial charge in [-0.25, -0.2) is 13.8 Å². The molecule has 0 amide bonds. The first-order valence-electron chi connectivity index (χ1n) is 5.18. The third kappa shape index (κ3) is 5.07. The van der Waals surface area contributed by atoms with E-state index in [1.54, 1.807) is 0 Å². The molecule has 1 rings (SSSR count). The maximum Gasteiger partial charge on any atom is 0.330 e. The zero-order valence-corrected chi connectivity index (χ0v) is 10.9. The number of halogens is 5. The van der Waals surface area contributed by atoms with Gasteiger partial charge in [-0.15, -0.1) is 22.9 Å². The summed E-state index contributed by atoms with van der Waals surface area (Å²) in [4.78, 5) is 4.17. The van der Waals surface area contributed by atoms with Crippen LogP contribution in [-0.2, 0) is 17.0 Å². The standard InChI is InChI=1S/C10H12ClF4NOS/c11-4-7-5-18-8(16-7)2-1-3-17-6-10(14,15)9(12)13/h5,9H,1-4,6H2. The summed E-state index contributed by atoms with van der Waals surface area (Å²) in [7, 11) is 0. The minimum absolute atomic E-state index is 0.00189. The lowest BCUT2D eigenvalue weighted by atomic mass is 10.3. The molecule has 2 nitrogen and oxygen atoms in total. The lowest BCUT2D eigenvalue weighted by Gasteiger charge is -2.14. The molecule has 0 aliphatic carbocycles. The number of alkyl halides is 5. The molecule has 1 heterocycles. The van der Waals surface area contributed by atoms with Crippen LogP contribution in [0.5, 0.6) is 0 Å². The van der Waals surface area contributed by atoms with E-state index in [0.717, 1.165) is 10.7 Å². The Hall–Kier alpha value is -0.400. The van der Waals surface area contributed by atoms with Gasteiger partial charge in [0, 0.05) is 18.4 Å². The van der Waals surface area contributed by atoms with Gasteiger partial charge in [0.25, 0.3) is 0 Å². The number of thiazole rings is 1. The average Bonchev–Trinajstić information content (AvgIpc) is 2.76. The van der Waals surface area contributed by atoms with Crippen molar-refractivity contribution in [1.82, 2.24) is 4.98 Å². The van der Waals surface area contributed by atoms with Crippen molar-refractivity contribution in [3.05, 3.63) is 16.1 Å². The van der Waals surface area contributed by atoms with E-state index in [1.165, 1.54) is 11.3 Å². The quantitative estimate of drug-likeness (QED) is 0.415. The van der Waals surface area contributed by atoms with Crippen molar-refractivity contribution in [2.45, 2.75) is 31.1 Å². The monoisotopic (exact) mass is 305 g/mol. The number of aromatic nitrogens is 1. The Morgan fingerprint density at radius 2 is 2.17 bits per heavy atom. The molecule has 104 valence electrons. The Labute approximate surface area is 111 Å². The minimum atomic E-state index is -4.08. The summed E-state index contributed by atoms with van der Waals surface area (Å²) >= 11 is 6.99. The highest BCUT2D eigenvalue weighted by atomic mass is 35.5. The fourth-order valence-corrected chi connectivity index (χ4v) is 2.19. The summed E-state index contributed by atoms with van der Waals surface area (Å²) in [5.74, 6) is -3.75. The Kier molecular flexibility index (Phi) is 6.31. The van der Waals surface area contributed by atoms with Gasteiger partial charge >= 0.3 is 12.3 Å². The van der Waals surface area contributed by atoms with E-state index in [-0.39, 0.29) is 6.61 Å². The lowest BCUT2D eigenvalue weighted by molar-refractivity contribution is -0.165. The van der Waals surface area contributed by atoms with Gasteiger partial charge < -0.3 is 4.74 Å². The fourth-order valence-electron chi connectivity index (χ4n) is 1.12. The molecule has 18 heavy (non-hydrogen) atoms. The van der Waals surface area contributed by atoms with Crippen LogP contribution in [0.1, 0.15) is 17.1 Å². The average molecular weight is 306 g/mol. The number of rotatable bonds is 8. The summed E-state index contributed by atoms with van der Waals surface area (Å²) < 4.78 is 53.0. The minimum Gasteiger partial charge on any atom is -0.375 e. The van der Waals surface area contributed by atoms with Crippen molar-refractivity contribution in [2.24, 2.45) is 0 Å². The van der Waals surface area contributed by atoms with Crippen molar-refractivity contribution in [3.8, 4) is 0 Å². The maximum absolute atomic E-state index is 12.4. The van der Waals surface area contributed by atoms with Gasteiger partial charge in [-0.2, -0.15) is 8.78 Å². The van der Waals surface area contributed by atoms with Crippen LogP contribution < -0.4 is 0 Å². The number of ether oxygens (including phenoxy) is 1. The van der Waals surface area contributed by atoms with E-state index < -0.39 is 19.0 Å². The first kappa shape index (κ1) is 15.7. The molecule has 8 heteroatoms. The van der Waals surface area contributed by atoms with Gasteiger partial charge in [0.2, 0.25) is 0 Å². The van der Waals surface area contributed by atoms with Crippen LogP contribution in [0.3, 0.4) is 0 Å². The molecule has 0 atom stereocenters. The molecule has 0 unspecified atom stereocenters. The molecule has 1 aromatic heterocycles. The molecular weight excluding hydrogens is 294 g/mol. The fraction of sp³-hybridized carbons (Fsp3) is 0.700. The van der Waals surface area contributed by atoms with E-state index in [0.29, 0.717) is 18.7 Å². The van der Waals surface area contributed by atoms with E-state index in [9.17, 15) is 17.6 Å². The van der Waals surface area contributed by atoms with Crippen LogP contribution in [-0.4, -0.2) is 30.5 Å². The van der Waals surface area contributed by atoms with Crippen molar-refractivity contribution in [3.63, 3.8) is 0 Å². The highest BCUT2D eigenvalue weighted by Gasteiger charge is 2.40. The Balaban J connectivity index is 2.15. The first-order chi connectivity index (χ1) is 8.45. The van der Waals surface area contributed by atoms with E-state index in [4.69, 9.17) is 11.6 Å². The molecule has 0 bridgehead atoms. The van der Waals surface area contributed by atoms with E-state index in [2.05, 4.69) is 9.72 Å². The molecule has 0 aliphatic rings. The van der Waals surface area contributed by atoms with E-state index in [1.807, 2.05) is 5.38 Å². The normalized spacial score (nSPS) is 12.3. The summed E-state index contributed by atoms with van der Waals surface area (Å²) in [5.41, 5.74) is 0.766. The SMILES string of the molecule is FC(F)C(F)(F)COCCCc1nc(CCl)cs1. The van der Waals surface area contributed by atoms with E-state index >= 15 is 0 Å². The second-order valence-electron chi connectivity index (χ2n) is 3.58. The lowest BCUT2D eigenvalue weighted by Crippen LogP contribution is -2.32. The highest BCUT2D eigenvalue weighted by molar-refractivity contribution is 7.09. The highest BCUT2D eigenvalue weighted by Crippen LogP contribution is 2.23. The van der Waals surface area contributed by atoms with Crippen LogP contribution in [0.4, 0.5) is 17.6 Å². The number of hydrogen-bond donors (Lipinski definition) is 0. The van der Waals surface area contributed by atoms with Gasteiger partial charge in [-0.1, -0.05) is 0 Å². The molecular formula is C10H12ClF4NOS. The van der Waals surface area contributed by atoms with Crippen molar-refractivity contribution >= 4 is 22.9 Å². The summed E-state index contributed by atoms with van der Waals surface area (Å²) in [6.07, 6.45) is -2.68. The van der Waals surface area contributed by atoms with Crippen LogP contribution in [0.15, 0.2) is 5.38 Å². The molecule has 0 aliphatic heterocycles. The smallest absolute Gasteiger partial charge is 0.330 e. The van der Waals surface area contributed by atoms with Gasteiger partial charge in [-0.3, -0.25) is 0 Å².